The van der Waals surface area contributed by atoms with Gasteiger partial charge in [0, 0.05) is 13.6 Å². The van der Waals surface area contributed by atoms with Crippen LogP contribution in [0.5, 0.6) is 0 Å². The van der Waals surface area contributed by atoms with Crippen molar-refractivity contribution >= 4 is 5.91 Å². The van der Waals surface area contributed by atoms with E-state index in [2.05, 4.69) is 5.32 Å². The first-order valence-corrected chi connectivity index (χ1v) is 3.13. The second-order valence-electron chi connectivity index (χ2n) is 2.26. The highest BCUT2D eigenvalue weighted by molar-refractivity contribution is 5.79. The van der Waals surface area contributed by atoms with Gasteiger partial charge in [-0.15, -0.1) is 0 Å². The Kier molecular flexibility index (Phi) is 1.91. The predicted octanol–water partition coefficient (Wildman–Crippen LogP) is -1.15. The van der Waals surface area contributed by atoms with E-state index in [9.17, 15) is 4.79 Å². The Labute approximate surface area is 59.7 Å². The number of nitrogens with zero attached hydrogens (tertiary/aromatic N) is 1. The molecule has 1 aliphatic heterocycles. The van der Waals surface area contributed by atoms with Gasteiger partial charge in [0.2, 0.25) is 0 Å². The zero-order valence-electron chi connectivity index (χ0n) is 5.87. The fourth-order valence-electron chi connectivity index (χ4n) is 0.930. The van der Waals surface area contributed by atoms with Crippen LogP contribution in [-0.4, -0.2) is 30.6 Å². The molecular formula is C6H11N3O. The molecule has 56 valence electrons. The van der Waals surface area contributed by atoms with Gasteiger partial charge in [0.15, 0.2) is 6.17 Å². The van der Waals surface area contributed by atoms with Crippen molar-refractivity contribution in [2.75, 3.05) is 13.6 Å². The maximum absolute atomic E-state index is 10.6. The zero-order chi connectivity index (χ0) is 7.56. The van der Waals surface area contributed by atoms with Crippen molar-refractivity contribution in [3.8, 4) is 0 Å². The van der Waals surface area contributed by atoms with Crippen molar-refractivity contribution in [1.82, 2.24) is 10.2 Å². The maximum Gasteiger partial charge on any atom is 0.255 e. The highest BCUT2D eigenvalue weighted by atomic mass is 16.1. The number of nitrogens with one attached hydrogen (secondary N) is 1. The molecule has 0 saturated carbocycles. The van der Waals surface area contributed by atoms with Crippen molar-refractivity contribution in [2.24, 2.45) is 5.73 Å². The monoisotopic (exact) mass is 141 g/mol. The number of nitrogens with two attached hydrogens (primary N) is 1. The highest BCUT2D eigenvalue weighted by Gasteiger charge is 2.18. The lowest BCUT2D eigenvalue weighted by molar-refractivity contribution is -0.123. The number of likely N-dealkylation sites (N-methyl/N-ethyl adjacent to an activating group) is 1. The van der Waals surface area contributed by atoms with Crippen molar-refractivity contribution in [1.29, 1.82) is 0 Å². The van der Waals surface area contributed by atoms with Crippen LogP contribution in [0.4, 0.5) is 0 Å². The maximum atomic E-state index is 10.6. The molecule has 1 heterocycles. The topological polar surface area (TPSA) is 58.4 Å². The summed E-state index contributed by atoms with van der Waals surface area (Å²) in [5.74, 6) is -0.341. The smallest absolute Gasteiger partial charge is 0.255 e. The summed E-state index contributed by atoms with van der Waals surface area (Å²) in [4.78, 5) is 12.4. The van der Waals surface area contributed by atoms with Crippen LogP contribution in [0.1, 0.15) is 0 Å². The van der Waals surface area contributed by atoms with Crippen molar-refractivity contribution in [2.45, 2.75) is 6.17 Å². The number of hydrogen-bond acceptors (Lipinski definition) is 3. The number of hydrogen-bond donors (Lipinski definition) is 2. The number of carbonyl (C=O) groups is 1. The SMILES string of the molecule is CN1C=CCNC1C(N)=O. The standard InChI is InChI=1S/C6H11N3O/c1-9-4-2-3-8-6(9)5(7)10/h2,4,6,8H,3H2,1H3,(H2,7,10). The van der Waals surface area contributed by atoms with Gasteiger partial charge in [-0.2, -0.15) is 0 Å². The van der Waals surface area contributed by atoms with Crippen LogP contribution in [0.25, 0.3) is 0 Å². The second-order valence-corrected chi connectivity index (χ2v) is 2.26. The van der Waals surface area contributed by atoms with Gasteiger partial charge in [-0.1, -0.05) is 6.08 Å². The van der Waals surface area contributed by atoms with Gasteiger partial charge in [0.05, 0.1) is 0 Å². The molecule has 1 rings (SSSR count). The fraction of sp³-hybridized carbons (Fsp3) is 0.500. The molecule has 1 amide bonds. The van der Waals surface area contributed by atoms with Crippen LogP contribution in [0.15, 0.2) is 12.3 Å². The molecule has 1 aliphatic rings. The van der Waals surface area contributed by atoms with Crippen molar-refractivity contribution < 1.29 is 4.79 Å². The Morgan fingerprint density at radius 2 is 2.60 bits per heavy atom. The molecular weight excluding hydrogens is 130 g/mol. The summed E-state index contributed by atoms with van der Waals surface area (Å²) >= 11 is 0. The van der Waals surface area contributed by atoms with Gasteiger partial charge < -0.3 is 10.6 Å². The van der Waals surface area contributed by atoms with Gasteiger partial charge >= 0.3 is 0 Å². The molecule has 0 bridgehead atoms. The lowest BCUT2D eigenvalue weighted by atomic mass is 10.3. The van der Waals surface area contributed by atoms with E-state index in [0.29, 0.717) is 6.54 Å². The molecule has 0 saturated heterocycles. The first-order valence-electron chi connectivity index (χ1n) is 3.13. The van der Waals surface area contributed by atoms with Crippen molar-refractivity contribution in [3.05, 3.63) is 12.3 Å². The third kappa shape index (κ3) is 1.27. The summed E-state index contributed by atoms with van der Waals surface area (Å²) in [5.41, 5.74) is 5.08. The Hall–Kier alpha value is -1.03. The van der Waals surface area contributed by atoms with E-state index in [4.69, 9.17) is 5.73 Å². The van der Waals surface area contributed by atoms with Crippen LogP contribution in [0, 0.1) is 0 Å². The van der Waals surface area contributed by atoms with Gasteiger partial charge in [0.25, 0.3) is 5.91 Å². The van der Waals surface area contributed by atoms with Crippen LogP contribution < -0.4 is 11.1 Å². The summed E-state index contributed by atoms with van der Waals surface area (Å²) in [5, 5.41) is 2.93. The summed E-state index contributed by atoms with van der Waals surface area (Å²) < 4.78 is 0. The van der Waals surface area contributed by atoms with Gasteiger partial charge in [-0.05, 0) is 6.20 Å². The second kappa shape index (κ2) is 2.70. The lowest BCUT2D eigenvalue weighted by Crippen LogP contribution is -2.52. The molecule has 0 fully saturated rings. The molecule has 4 heteroatoms. The average Bonchev–Trinajstić information content (AvgIpc) is 1.88. The molecule has 0 aliphatic carbocycles. The van der Waals surface area contributed by atoms with E-state index in [1.54, 1.807) is 11.9 Å². The Morgan fingerprint density at radius 1 is 1.90 bits per heavy atom. The Morgan fingerprint density at radius 3 is 3.00 bits per heavy atom. The first-order chi connectivity index (χ1) is 4.72. The zero-order valence-corrected chi connectivity index (χ0v) is 5.87. The van der Waals surface area contributed by atoms with E-state index < -0.39 is 0 Å². The van der Waals surface area contributed by atoms with Gasteiger partial charge in [-0.25, -0.2) is 0 Å². The third-order valence-electron chi connectivity index (χ3n) is 1.45. The average molecular weight is 141 g/mol. The lowest BCUT2D eigenvalue weighted by Gasteiger charge is -2.27. The minimum Gasteiger partial charge on any atom is -0.367 e. The van der Waals surface area contributed by atoms with Gasteiger partial charge in [-0.3, -0.25) is 10.1 Å². The quantitative estimate of drug-likeness (QED) is 0.484. The molecule has 0 spiro atoms. The van der Waals surface area contributed by atoms with Crippen LogP contribution in [-0.2, 0) is 4.79 Å². The summed E-state index contributed by atoms with van der Waals surface area (Å²) in [6, 6.07) is 0. The molecule has 0 aromatic carbocycles. The molecule has 10 heavy (non-hydrogen) atoms. The van der Waals surface area contributed by atoms with E-state index in [0.717, 1.165) is 0 Å². The fourth-order valence-corrected chi connectivity index (χ4v) is 0.930. The summed E-state index contributed by atoms with van der Waals surface area (Å²) in [6.07, 6.45) is 3.43. The minimum atomic E-state index is -0.343. The highest BCUT2D eigenvalue weighted by Crippen LogP contribution is 1.96. The first kappa shape index (κ1) is 7.08. The summed E-state index contributed by atoms with van der Waals surface area (Å²) in [7, 11) is 1.80. The molecule has 1 atom stereocenters. The Bertz CT molecular complexity index is 166. The number of primary amides is 1. The minimum absolute atomic E-state index is 0.341. The molecule has 4 nitrogen and oxygen atoms in total. The predicted molar refractivity (Wildman–Crippen MR) is 37.9 cm³/mol. The van der Waals surface area contributed by atoms with E-state index in [1.165, 1.54) is 0 Å². The van der Waals surface area contributed by atoms with E-state index in [1.807, 2.05) is 12.3 Å². The van der Waals surface area contributed by atoms with Crippen molar-refractivity contribution in [3.63, 3.8) is 0 Å². The van der Waals surface area contributed by atoms with Crippen LogP contribution in [0.2, 0.25) is 0 Å². The Balaban J connectivity index is 2.60. The number of amides is 1. The normalized spacial score (nSPS) is 24.9. The molecule has 3 N–H and O–H groups in total. The van der Waals surface area contributed by atoms with E-state index >= 15 is 0 Å². The van der Waals surface area contributed by atoms with Crippen LogP contribution >= 0.6 is 0 Å². The van der Waals surface area contributed by atoms with E-state index in [-0.39, 0.29) is 12.1 Å². The molecule has 1 unspecified atom stereocenters. The molecule has 0 radical (unpaired) electrons. The van der Waals surface area contributed by atoms with Crippen LogP contribution in [0.3, 0.4) is 0 Å². The largest absolute Gasteiger partial charge is 0.367 e. The van der Waals surface area contributed by atoms with Gasteiger partial charge in [0.1, 0.15) is 0 Å². The molecule has 0 aromatic heterocycles. The summed E-state index contributed by atoms with van der Waals surface area (Å²) in [6.45, 7) is 0.706. The number of carbonyl (C=O) groups excluding carboxylic acids is 1. The molecule has 0 aromatic rings. The third-order valence-corrected chi connectivity index (χ3v) is 1.45. The number of rotatable bonds is 1.